The highest BCUT2D eigenvalue weighted by molar-refractivity contribution is 6.31. The number of aryl methyl sites for hydroxylation is 2. The van der Waals surface area contributed by atoms with Crippen molar-refractivity contribution < 1.29 is 0 Å². The predicted octanol–water partition coefficient (Wildman–Crippen LogP) is 22.8. The first-order chi connectivity index (χ1) is 38.8. The molecule has 0 amide bonds. The second kappa shape index (κ2) is 17.7. The standard InChI is InChI=1S/C80H62/c1-47-23-21-24-48(2)68(47)54-36-38-61-65(44-54)72(51-29-17-11-18-30-51)75-62-34-22-33-59-58(39-40-63(74(59)62)76(75)70(61)49-25-13-9-14-26-49)53-35-37-60-64(43-53)73(52-31-19-12-20-32-52)78-67-46-57(80(6,7)8)42-55-41-56(79(3,4)5)45-66(69(55)67)77(78)71(60)50-27-15-10-16-28-50/h9-46H,1-8H3. The van der Waals surface area contributed by atoms with Gasteiger partial charge in [-0.05, 0) is 226 Å². The molecule has 0 heteroatoms. The lowest BCUT2D eigenvalue weighted by molar-refractivity contribution is 0.589. The molecule has 0 atom stereocenters. The Kier molecular flexibility index (Phi) is 10.6. The van der Waals surface area contributed by atoms with Gasteiger partial charge in [-0.15, -0.1) is 0 Å². The molecule has 0 N–H and O–H groups in total. The Bertz CT molecular complexity index is 4710. The summed E-state index contributed by atoms with van der Waals surface area (Å²) < 4.78 is 0. The van der Waals surface area contributed by atoms with Gasteiger partial charge in [-0.3, -0.25) is 0 Å². The maximum Gasteiger partial charge on any atom is -0.000731 e. The first-order valence-electron chi connectivity index (χ1n) is 28.6. The molecule has 0 nitrogen and oxygen atoms in total. The van der Waals surface area contributed by atoms with Crippen LogP contribution in [0.2, 0.25) is 0 Å². The van der Waals surface area contributed by atoms with Gasteiger partial charge in [-0.25, -0.2) is 0 Å². The number of hydrogen-bond donors (Lipinski definition) is 0. The summed E-state index contributed by atoms with van der Waals surface area (Å²) in [6.45, 7) is 18.6. The number of hydrogen-bond acceptors (Lipinski definition) is 0. The molecule has 0 bridgehead atoms. The summed E-state index contributed by atoms with van der Waals surface area (Å²) in [6.07, 6.45) is 0. The molecule has 80 heavy (non-hydrogen) atoms. The van der Waals surface area contributed by atoms with E-state index in [1.807, 2.05) is 0 Å². The minimum absolute atomic E-state index is 0.0444. The second-order valence-corrected chi connectivity index (χ2v) is 24.8. The van der Waals surface area contributed by atoms with Crippen LogP contribution in [0.15, 0.2) is 231 Å². The minimum atomic E-state index is -0.0558. The first kappa shape index (κ1) is 48.1. The summed E-state index contributed by atoms with van der Waals surface area (Å²) >= 11 is 0. The molecule has 13 aromatic carbocycles. The number of benzene rings is 13. The molecule has 0 heterocycles. The van der Waals surface area contributed by atoms with E-state index in [2.05, 4.69) is 286 Å². The normalized spacial score (nSPS) is 12.5. The van der Waals surface area contributed by atoms with Crippen LogP contribution in [0.1, 0.15) is 63.8 Å². The maximum atomic E-state index is 2.54. The third-order valence-electron chi connectivity index (χ3n) is 17.8. The molecule has 0 aliphatic heterocycles. The van der Waals surface area contributed by atoms with Gasteiger partial charge >= 0.3 is 0 Å². The average Bonchev–Trinajstić information content (AvgIpc) is 4.19. The van der Waals surface area contributed by atoms with Crippen LogP contribution in [0.4, 0.5) is 0 Å². The SMILES string of the molecule is Cc1cccc(C)c1-c1ccc2c(-c3ccccc3)c3c(c(-c4ccccc4)c2c1)-c1cccc2c(-c4ccc5c(-c6ccccc6)c6c(c(-c7ccccc7)c5c4)-c4cc(C(C)(C)C)cc5cc(C(C)(C)C)cc-6c45)ccc-3c12. The lowest BCUT2D eigenvalue weighted by atomic mass is 9.80. The van der Waals surface area contributed by atoms with Gasteiger partial charge in [0.1, 0.15) is 0 Å². The topological polar surface area (TPSA) is 0 Å². The Balaban J connectivity index is 1.04. The largest absolute Gasteiger partial charge is 0.0622 e. The van der Waals surface area contributed by atoms with E-state index in [4.69, 9.17) is 0 Å². The summed E-state index contributed by atoms with van der Waals surface area (Å²) in [5.41, 5.74) is 30.8. The van der Waals surface area contributed by atoms with Crippen molar-refractivity contribution in [1.29, 1.82) is 0 Å². The Labute approximate surface area is 470 Å². The predicted molar refractivity (Wildman–Crippen MR) is 345 cm³/mol. The van der Waals surface area contributed by atoms with E-state index in [1.165, 1.54) is 177 Å². The van der Waals surface area contributed by atoms with Crippen molar-refractivity contribution >= 4 is 43.1 Å². The molecule has 2 aliphatic rings. The average molecular weight is 1020 g/mol. The highest BCUT2D eigenvalue weighted by Gasteiger charge is 2.35. The van der Waals surface area contributed by atoms with E-state index in [0.717, 1.165) is 0 Å². The first-order valence-corrected chi connectivity index (χ1v) is 28.6. The van der Waals surface area contributed by atoms with Crippen molar-refractivity contribution in [1.82, 2.24) is 0 Å². The Morgan fingerprint density at radius 2 is 0.613 bits per heavy atom. The van der Waals surface area contributed by atoms with Gasteiger partial charge in [-0.2, -0.15) is 0 Å². The molecule has 0 spiro atoms. The molecular weight excluding hydrogens is 961 g/mol. The Morgan fingerprint density at radius 1 is 0.225 bits per heavy atom. The summed E-state index contributed by atoms with van der Waals surface area (Å²) in [5, 5.41) is 10.3. The van der Waals surface area contributed by atoms with Gasteiger partial charge in [0.15, 0.2) is 0 Å². The molecule has 0 unspecified atom stereocenters. The zero-order chi connectivity index (χ0) is 54.3. The van der Waals surface area contributed by atoms with E-state index in [-0.39, 0.29) is 10.8 Å². The lowest BCUT2D eigenvalue weighted by Gasteiger charge is -2.23. The summed E-state index contributed by atoms with van der Waals surface area (Å²) in [7, 11) is 0. The van der Waals surface area contributed by atoms with Crippen LogP contribution in [-0.2, 0) is 10.8 Å². The van der Waals surface area contributed by atoms with Crippen LogP contribution in [0.5, 0.6) is 0 Å². The fourth-order valence-corrected chi connectivity index (χ4v) is 14.1. The molecular formula is C80H62. The van der Waals surface area contributed by atoms with E-state index in [1.54, 1.807) is 0 Å². The van der Waals surface area contributed by atoms with Crippen molar-refractivity contribution in [3.63, 3.8) is 0 Å². The van der Waals surface area contributed by atoms with Crippen LogP contribution < -0.4 is 0 Å². The summed E-state index contributed by atoms with van der Waals surface area (Å²) in [6, 6.07) is 88.0. The zero-order valence-corrected chi connectivity index (χ0v) is 46.9. The highest BCUT2D eigenvalue weighted by Crippen LogP contribution is 2.62. The van der Waals surface area contributed by atoms with Gasteiger partial charge in [0.25, 0.3) is 0 Å². The second-order valence-electron chi connectivity index (χ2n) is 24.8. The lowest BCUT2D eigenvalue weighted by Crippen LogP contribution is -2.12. The van der Waals surface area contributed by atoms with Crippen LogP contribution in [0, 0.1) is 13.8 Å². The summed E-state index contributed by atoms with van der Waals surface area (Å²) in [4.78, 5) is 0. The van der Waals surface area contributed by atoms with Crippen LogP contribution in [-0.4, -0.2) is 0 Å². The van der Waals surface area contributed by atoms with Gasteiger partial charge in [0.05, 0.1) is 0 Å². The number of fused-ring (bicyclic) bond motifs is 8. The number of rotatable bonds is 6. The van der Waals surface area contributed by atoms with Crippen LogP contribution in [0.3, 0.4) is 0 Å². The van der Waals surface area contributed by atoms with Crippen molar-refractivity contribution in [2.45, 2.75) is 66.2 Å². The molecule has 0 aromatic heterocycles. The van der Waals surface area contributed by atoms with Gasteiger partial charge in [0, 0.05) is 0 Å². The quantitative estimate of drug-likeness (QED) is 0.156. The minimum Gasteiger partial charge on any atom is -0.0622 e. The molecule has 13 aromatic rings. The Morgan fingerprint density at radius 3 is 1.07 bits per heavy atom. The van der Waals surface area contributed by atoms with Gasteiger partial charge in [-0.1, -0.05) is 248 Å². The Hall–Kier alpha value is -9.10. The molecule has 382 valence electrons. The smallest absolute Gasteiger partial charge is 0.000731 e. The van der Waals surface area contributed by atoms with Crippen LogP contribution >= 0.6 is 0 Å². The fourth-order valence-electron chi connectivity index (χ4n) is 14.1. The van der Waals surface area contributed by atoms with E-state index in [0.29, 0.717) is 0 Å². The molecule has 15 rings (SSSR count). The van der Waals surface area contributed by atoms with E-state index in [9.17, 15) is 0 Å². The fraction of sp³-hybridized carbons (Fsp3) is 0.125. The molecule has 0 fully saturated rings. The van der Waals surface area contributed by atoms with Gasteiger partial charge < -0.3 is 0 Å². The molecule has 2 aliphatic carbocycles. The highest BCUT2D eigenvalue weighted by atomic mass is 14.4. The van der Waals surface area contributed by atoms with E-state index < -0.39 is 0 Å². The summed E-state index contributed by atoms with van der Waals surface area (Å²) in [5.74, 6) is 0. The van der Waals surface area contributed by atoms with E-state index >= 15 is 0 Å². The zero-order valence-electron chi connectivity index (χ0n) is 46.9. The van der Waals surface area contributed by atoms with Gasteiger partial charge in [0.2, 0.25) is 0 Å². The molecule has 0 saturated carbocycles. The molecule has 0 radical (unpaired) electrons. The monoisotopic (exact) mass is 1020 g/mol. The maximum absolute atomic E-state index is 2.54. The van der Waals surface area contributed by atoms with Crippen molar-refractivity contribution in [3.8, 4) is 111 Å². The third kappa shape index (κ3) is 7.21. The molecule has 0 saturated heterocycles. The van der Waals surface area contributed by atoms with Crippen molar-refractivity contribution in [3.05, 3.63) is 253 Å². The van der Waals surface area contributed by atoms with Crippen molar-refractivity contribution in [2.75, 3.05) is 0 Å². The van der Waals surface area contributed by atoms with Crippen molar-refractivity contribution in [2.24, 2.45) is 0 Å². The third-order valence-corrected chi connectivity index (χ3v) is 17.8. The van der Waals surface area contributed by atoms with Crippen LogP contribution in [0.25, 0.3) is 154 Å².